The molecule has 0 saturated carbocycles. The summed E-state index contributed by atoms with van der Waals surface area (Å²) in [6.45, 7) is 0. The number of hydrogen-bond acceptors (Lipinski definition) is 6. The smallest absolute Gasteiger partial charge is 1.00 e. The van der Waals surface area contributed by atoms with E-state index < -0.39 is 0 Å². The quantitative estimate of drug-likeness (QED) is 0.199. The van der Waals surface area contributed by atoms with Gasteiger partial charge in [-0.05, 0) is 72.8 Å². The Morgan fingerprint density at radius 3 is 1.13 bits per heavy atom. The van der Waals surface area contributed by atoms with Gasteiger partial charge < -0.3 is 45.2 Å². The summed E-state index contributed by atoms with van der Waals surface area (Å²) in [5.74, 6) is -0.370. The first-order valence-electron chi connectivity index (χ1n) is 12.2. The number of nitrogens with one attached hydrogen (secondary N) is 2. The number of pyridine rings is 2. The molecule has 0 spiro atoms. The van der Waals surface area contributed by atoms with Crippen molar-refractivity contribution in [2.75, 3.05) is 38.8 Å². The summed E-state index contributed by atoms with van der Waals surface area (Å²) in [5.41, 5.74) is 2.46. The number of aromatic nitrogens is 2. The van der Waals surface area contributed by atoms with E-state index in [0.717, 1.165) is 12.8 Å². The number of benzene rings is 2. The second-order valence-corrected chi connectivity index (χ2v) is 9.42. The summed E-state index contributed by atoms with van der Waals surface area (Å²) >= 11 is 11.5. The Balaban J connectivity index is -0.000000576. The Labute approximate surface area is 299 Å². The van der Waals surface area contributed by atoms with E-state index >= 15 is 0 Å². The van der Waals surface area contributed by atoms with E-state index in [1.54, 1.807) is 113 Å². The van der Waals surface area contributed by atoms with Crippen LogP contribution in [0.3, 0.4) is 0 Å². The Bertz CT molecular complexity index is 1260. The van der Waals surface area contributed by atoms with Gasteiger partial charge in [-0.3, -0.25) is 29.1 Å². The Morgan fingerprint density at radius 1 is 0.622 bits per heavy atom. The van der Waals surface area contributed by atoms with E-state index in [2.05, 4.69) is 20.6 Å². The van der Waals surface area contributed by atoms with Gasteiger partial charge in [0.1, 0.15) is 0 Å². The molecule has 0 bridgehead atoms. The van der Waals surface area contributed by atoms with Gasteiger partial charge in [0.05, 0.1) is 11.1 Å². The molecule has 2 aromatic carbocycles. The van der Waals surface area contributed by atoms with Crippen LogP contribution in [0, 0.1) is 0 Å². The molecule has 10 nitrogen and oxygen atoms in total. The van der Waals surface area contributed by atoms with Gasteiger partial charge in [-0.1, -0.05) is 23.2 Å². The standard InChI is InChI=1S/2C12H9ClN2O.2C3H7NO.2ClH.Pd/c2*13-10-3-5-11(6-4-10)15-12(16)9-2-1-7-14-8-9;2*1-4(2)3-5;;;/h2*1-8H,(H,15,16);2*3H,1-2H3;2*1H;/q;;;;;;+2/p-2. The summed E-state index contributed by atoms with van der Waals surface area (Å²) < 4.78 is 0. The summed E-state index contributed by atoms with van der Waals surface area (Å²) in [4.78, 5) is 52.9. The molecule has 0 unspecified atom stereocenters. The van der Waals surface area contributed by atoms with Gasteiger partial charge in [0.2, 0.25) is 12.8 Å². The van der Waals surface area contributed by atoms with Crippen molar-refractivity contribution in [3.63, 3.8) is 0 Å². The van der Waals surface area contributed by atoms with Crippen LogP contribution in [0.5, 0.6) is 0 Å². The zero-order valence-corrected chi connectivity index (χ0v) is 29.2. The molecule has 0 aliphatic heterocycles. The molecule has 0 aliphatic rings. The normalized spacial score (nSPS) is 8.49. The maximum atomic E-state index is 11.7. The predicted molar refractivity (Wildman–Crippen MR) is 167 cm³/mol. The van der Waals surface area contributed by atoms with Gasteiger partial charge in [-0.2, -0.15) is 0 Å². The van der Waals surface area contributed by atoms with Crippen molar-refractivity contribution in [2.45, 2.75) is 0 Å². The van der Waals surface area contributed by atoms with Crippen LogP contribution in [0.15, 0.2) is 97.6 Å². The monoisotopic (exact) mass is 786 g/mol. The number of anilines is 2. The van der Waals surface area contributed by atoms with E-state index in [0.29, 0.717) is 32.5 Å². The molecule has 4 rings (SSSR count). The minimum absolute atomic E-state index is 0. The van der Waals surface area contributed by atoms with Gasteiger partial charge in [0.25, 0.3) is 11.8 Å². The zero-order valence-electron chi connectivity index (χ0n) is 24.6. The average Bonchev–Trinajstić information content (AvgIpc) is 3.01. The van der Waals surface area contributed by atoms with Crippen molar-refractivity contribution in [3.05, 3.63) is 119 Å². The first kappa shape index (κ1) is 45.9. The summed E-state index contributed by atoms with van der Waals surface area (Å²) in [7, 11) is 6.75. The molecule has 2 N–H and O–H groups in total. The molecule has 2 heterocycles. The van der Waals surface area contributed by atoms with Crippen LogP contribution in [-0.2, 0) is 30.0 Å². The van der Waals surface area contributed by atoms with Crippen molar-refractivity contribution in [3.8, 4) is 0 Å². The van der Waals surface area contributed by atoms with Crippen molar-refractivity contribution < 1.29 is 64.4 Å². The molecule has 4 amide bonds. The fourth-order valence-corrected chi connectivity index (χ4v) is 2.72. The van der Waals surface area contributed by atoms with Gasteiger partial charge >= 0.3 is 20.4 Å². The third-order valence-electron chi connectivity index (χ3n) is 4.47. The third-order valence-corrected chi connectivity index (χ3v) is 4.98. The molecule has 45 heavy (non-hydrogen) atoms. The van der Waals surface area contributed by atoms with E-state index in [-0.39, 0.29) is 57.1 Å². The predicted octanol–water partition coefficient (Wildman–Crippen LogP) is -0.611. The van der Waals surface area contributed by atoms with Gasteiger partial charge in [0.15, 0.2) is 0 Å². The Morgan fingerprint density at radius 2 is 0.911 bits per heavy atom. The molecule has 0 saturated heterocycles. The first-order chi connectivity index (χ1) is 20.0. The molecular formula is C30H32Cl4N6O4Pd. The Hall–Kier alpha value is -3.56. The molecule has 0 aliphatic carbocycles. The van der Waals surface area contributed by atoms with E-state index in [9.17, 15) is 19.2 Å². The molecule has 2 aromatic heterocycles. The van der Waals surface area contributed by atoms with Crippen LogP contribution in [0.2, 0.25) is 10.0 Å². The third kappa shape index (κ3) is 21.7. The average molecular weight is 789 g/mol. The topological polar surface area (TPSA) is 125 Å². The molecule has 0 radical (unpaired) electrons. The van der Waals surface area contributed by atoms with Crippen molar-refractivity contribution >= 4 is 59.2 Å². The largest absolute Gasteiger partial charge is 2.00 e. The summed E-state index contributed by atoms with van der Waals surface area (Å²) in [6.07, 6.45) is 7.79. The van der Waals surface area contributed by atoms with Crippen molar-refractivity contribution in [2.24, 2.45) is 0 Å². The fourth-order valence-electron chi connectivity index (χ4n) is 2.47. The maximum Gasteiger partial charge on any atom is 2.00 e. The number of carbonyl (C=O) groups is 4. The number of halogens is 4. The number of rotatable bonds is 6. The van der Waals surface area contributed by atoms with Crippen LogP contribution in [0.25, 0.3) is 0 Å². The van der Waals surface area contributed by atoms with Crippen molar-refractivity contribution in [1.29, 1.82) is 0 Å². The summed E-state index contributed by atoms with van der Waals surface area (Å²) in [5, 5.41) is 6.77. The van der Waals surface area contributed by atoms with Crippen LogP contribution in [0.1, 0.15) is 20.7 Å². The molecule has 0 fully saturated rings. The van der Waals surface area contributed by atoms with E-state index in [1.165, 1.54) is 22.2 Å². The van der Waals surface area contributed by atoms with Gasteiger partial charge in [-0.25, -0.2) is 0 Å². The Kier molecular flexibility index (Phi) is 27.3. The van der Waals surface area contributed by atoms with E-state index in [1.807, 2.05) is 0 Å². The fraction of sp³-hybridized carbons (Fsp3) is 0.133. The minimum atomic E-state index is -0.185. The number of hydrogen-bond donors (Lipinski definition) is 2. The maximum absolute atomic E-state index is 11.7. The molecular weight excluding hydrogens is 757 g/mol. The van der Waals surface area contributed by atoms with Crippen molar-refractivity contribution in [1.82, 2.24) is 19.8 Å². The molecule has 244 valence electrons. The van der Waals surface area contributed by atoms with Crippen LogP contribution >= 0.6 is 23.2 Å². The first-order valence-corrected chi connectivity index (χ1v) is 13.0. The number of nitrogens with zero attached hydrogens (tertiary/aromatic N) is 4. The zero-order chi connectivity index (χ0) is 31.3. The van der Waals surface area contributed by atoms with E-state index in [4.69, 9.17) is 23.2 Å². The molecule has 15 heteroatoms. The van der Waals surface area contributed by atoms with Crippen LogP contribution in [-0.4, -0.2) is 72.6 Å². The number of amides is 4. The minimum Gasteiger partial charge on any atom is -1.00 e. The molecule has 4 aromatic rings. The number of carbonyl (C=O) groups excluding carboxylic acids is 4. The van der Waals surface area contributed by atoms with Gasteiger partial charge in [0, 0.05) is 74.4 Å². The van der Waals surface area contributed by atoms with Crippen LogP contribution in [0.4, 0.5) is 11.4 Å². The SMILES string of the molecule is CN(C)C=O.CN(C)C=O.O=C(Nc1ccc(Cl)cc1)c1cccnc1.O=C(Nc1ccc(Cl)cc1)c1cccnc1.[Cl-].[Cl-].[Pd+2]. The summed E-state index contributed by atoms with van der Waals surface area (Å²) in [6, 6.07) is 20.7. The molecule has 0 atom stereocenters. The second-order valence-electron chi connectivity index (χ2n) is 8.54. The second kappa shape index (κ2) is 26.8. The van der Waals surface area contributed by atoms with Crippen LogP contribution < -0.4 is 35.4 Å². The van der Waals surface area contributed by atoms with Gasteiger partial charge in [-0.15, -0.1) is 0 Å².